The molecule has 0 saturated heterocycles. The average molecular weight is 280 g/mol. The molecule has 0 aliphatic carbocycles. The van der Waals surface area contributed by atoms with Crippen LogP contribution in [0.15, 0.2) is 47.8 Å². The van der Waals surface area contributed by atoms with E-state index in [9.17, 15) is 0 Å². The number of aryl methyl sites for hydroxylation is 2. The fourth-order valence-electron chi connectivity index (χ4n) is 2.70. The Hall–Kier alpha value is -2.20. The van der Waals surface area contributed by atoms with E-state index in [1.807, 2.05) is 4.52 Å². The Balaban J connectivity index is 2.14. The minimum atomic E-state index is 1.06. The van der Waals surface area contributed by atoms with Crippen LogP contribution in [0.3, 0.4) is 0 Å². The molecule has 0 unspecified atom stereocenters. The molecule has 0 N–H and O–H groups in total. The summed E-state index contributed by atoms with van der Waals surface area (Å²) in [5.74, 6) is 0. The van der Waals surface area contributed by atoms with Crippen molar-refractivity contribution < 1.29 is 4.57 Å². The van der Waals surface area contributed by atoms with Crippen molar-refractivity contribution >= 4 is 28.0 Å². The first-order valence-electron chi connectivity index (χ1n) is 6.57. The number of aromatic nitrogens is 3. The van der Waals surface area contributed by atoms with Gasteiger partial charge in [0.25, 0.3) is 0 Å². The molecule has 98 valence electrons. The monoisotopic (exact) mass is 280 g/mol. The molecular formula is C16H14N3S+. The summed E-state index contributed by atoms with van der Waals surface area (Å²) in [4.78, 5) is 1.27. The highest BCUT2D eigenvalue weighted by Gasteiger charge is 2.19. The third-order valence-corrected chi connectivity index (χ3v) is 4.63. The second kappa shape index (κ2) is 4.15. The van der Waals surface area contributed by atoms with Gasteiger partial charge in [0.15, 0.2) is 5.52 Å². The van der Waals surface area contributed by atoms with Gasteiger partial charge in [0.1, 0.15) is 0 Å². The molecule has 0 aliphatic heterocycles. The first-order chi connectivity index (χ1) is 9.75. The van der Waals surface area contributed by atoms with Gasteiger partial charge in [0, 0.05) is 16.5 Å². The number of imidazole rings is 1. The second-order valence-electron chi connectivity index (χ2n) is 4.94. The van der Waals surface area contributed by atoms with E-state index in [4.69, 9.17) is 5.10 Å². The summed E-state index contributed by atoms with van der Waals surface area (Å²) in [5.41, 5.74) is 5.72. The zero-order valence-electron chi connectivity index (χ0n) is 11.4. The summed E-state index contributed by atoms with van der Waals surface area (Å²) >= 11 is 1.75. The second-order valence-corrected chi connectivity index (χ2v) is 5.89. The van der Waals surface area contributed by atoms with E-state index < -0.39 is 0 Å². The van der Waals surface area contributed by atoms with Gasteiger partial charge in [-0.2, -0.15) is 0 Å². The third kappa shape index (κ3) is 1.51. The molecule has 3 aromatic heterocycles. The van der Waals surface area contributed by atoms with Crippen molar-refractivity contribution in [1.82, 2.24) is 9.61 Å². The molecule has 0 amide bonds. The highest BCUT2D eigenvalue weighted by Crippen LogP contribution is 2.28. The number of nitrogens with zero attached hydrogens (tertiary/aromatic N) is 3. The molecule has 0 atom stereocenters. The molecular weight excluding hydrogens is 266 g/mol. The van der Waals surface area contributed by atoms with Gasteiger partial charge >= 0.3 is 5.65 Å². The van der Waals surface area contributed by atoms with E-state index >= 15 is 0 Å². The summed E-state index contributed by atoms with van der Waals surface area (Å²) in [6.07, 6.45) is 0. The molecule has 0 spiro atoms. The first-order valence-corrected chi connectivity index (χ1v) is 7.44. The topological polar surface area (TPSA) is 21.2 Å². The molecule has 4 heteroatoms. The predicted molar refractivity (Wildman–Crippen MR) is 81.9 cm³/mol. The standard InChI is InChI=1S/C16H14N3S/c1-11-12(15-8-5-9-20-15)10-16-18(2)13-6-3-4-7-14(13)19(16)17-11/h3-10H,1-2H3/q+1. The Labute approximate surface area is 120 Å². The zero-order chi connectivity index (χ0) is 13.7. The summed E-state index contributed by atoms with van der Waals surface area (Å²) < 4.78 is 4.22. The van der Waals surface area contributed by atoms with Crippen LogP contribution in [-0.2, 0) is 7.05 Å². The van der Waals surface area contributed by atoms with Crippen LogP contribution in [0.5, 0.6) is 0 Å². The minimum Gasteiger partial charge on any atom is -0.224 e. The molecule has 0 radical (unpaired) electrons. The van der Waals surface area contributed by atoms with Gasteiger partial charge in [-0.05, 0) is 30.5 Å². The SMILES string of the molecule is Cc1nn2c3ccccc3[n+](C)c2cc1-c1cccs1. The fourth-order valence-corrected chi connectivity index (χ4v) is 3.49. The van der Waals surface area contributed by atoms with Crippen LogP contribution in [0.1, 0.15) is 5.69 Å². The Morgan fingerprint density at radius 3 is 2.80 bits per heavy atom. The van der Waals surface area contributed by atoms with Crippen LogP contribution in [-0.4, -0.2) is 9.61 Å². The van der Waals surface area contributed by atoms with Crippen molar-refractivity contribution in [2.45, 2.75) is 6.92 Å². The summed E-state index contributed by atoms with van der Waals surface area (Å²) in [6, 6.07) is 14.8. The van der Waals surface area contributed by atoms with Crippen LogP contribution < -0.4 is 4.57 Å². The lowest BCUT2D eigenvalue weighted by Gasteiger charge is -2.00. The van der Waals surface area contributed by atoms with E-state index in [0.717, 1.165) is 16.9 Å². The highest BCUT2D eigenvalue weighted by molar-refractivity contribution is 7.13. The van der Waals surface area contributed by atoms with Crippen molar-refractivity contribution in [3.05, 3.63) is 53.5 Å². The van der Waals surface area contributed by atoms with E-state index in [-0.39, 0.29) is 0 Å². The van der Waals surface area contributed by atoms with Gasteiger partial charge in [-0.15, -0.1) is 11.3 Å². The quantitative estimate of drug-likeness (QED) is 0.490. The van der Waals surface area contributed by atoms with Crippen molar-refractivity contribution in [1.29, 1.82) is 0 Å². The molecule has 0 saturated carbocycles. The maximum Gasteiger partial charge on any atom is 0.308 e. The number of rotatable bonds is 1. The third-order valence-electron chi connectivity index (χ3n) is 3.73. The van der Waals surface area contributed by atoms with E-state index in [1.54, 1.807) is 11.3 Å². The average Bonchev–Trinajstić information content (AvgIpc) is 3.07. The number of para-hydroxylation sites is 2. The summed E-state index contributed by atoms with van der Waals surface area (Å²) in [5, 5.41) is 6.89. The Bertz CT molecular complexity index is 920. The van der Waals surface area contributed by atoms with Crippen molar-refractivity contribution in [3.63, 3.8) is 0 Å². The lowest BCUT2D eigenvalue weighted by atomic mass is 10.2. The highest BCUT2D eigenvalue weighted by atomic mass is 32.1. The van der Waals surface area contributed by atoms with Gasteiger partial charge in [0.05, 0.1) is 12.7 Å². The van der Waals surface area contributed by atoms with Crippen LogP contribution in [0.25, 0.3) is 27.1 Å². The first kappa shape index (κ1) is 11.6. The fraction of sp³-hybridized carbons (Fsp3) is 0.125. The van der Waals surface area contributed by atoms with Crippen LogP contribution in [0, 0.1) is 6.92 Å². The number of hydrogen-bond donors (Lipinski definition) is 0. The molecule has 0 bridgehead atoms. The number of hydrogen-bond acceptors (Lipinski definition) is 2. The van der Waals surface area contributed by atoms with Crippen molar-refractivity contribution in [2.24, 2.45) is 7.05 Å². The Morgan fingerprint density at radius 1 is 1.15 bits per heavy atom. The molecule has 4 aromatic rings. The predicted octanol–water partition coefficient (Wildman–Crippen LogP) is 3.35. The van der Waals surface area contributed by atoms with Crippen molar-refractivity contribution in [3.8, 4) is 10.4 Å². The van der Waals surface area contributed by atoms with E-state index in [2.05, 4.69) is 66.4 Å². The molecule has 3 heterocycles. The van der Waals surface area contributed by atoms with Gasteiger partial charge < -0.3 is 0 Å². The summed E-state index contributed by atoms with van der Waals surface area (Å²) in [7, 11) is 2.09. The van der Waals surface area contributed by atoms with E-state index in [0.29, 0.717) is 0 Å². The molecule has 20 heavy (non-hydrogen) atoms. The molecule has 1 aromatic carbocycles. The normalized spacial score (nSPS) is 11.5. The van der Waals surface area contributed by atoms with Crippen molar-refractivity contribution in [2.75, 3.05) is 0 Å². The summed E-state index contributed by atoms with van der Waals surface area (Å²) in [6.45, 7) is 2.07. The number of benzene rings is 1. The van der Waals surface area contributed by atoms with E-state index in [1.165, 1.54) is 16.0 Å². The van der Waals surface area contributed by atoms with Gasteiger partial charge in [-0.3, -0.25) is 0 Å². The van der Waals surface area contributed by atoms with Crippen LogP contribution in [0.4, 0.5) is 0 Å². The lowest BCUT2D eigenvalue weighted by molar-refractivity contribution is -0.618. The Kier molecular flexibility index (Phi) is 2.41. The van der Waals surface area contributed by atoms with Crippen LogP contribution >= 0.6 is 11.3 Å². The smallest absolute Gasteiger partial charge is 0.224 e. The minimum absolute atomic E-state index is 1.06. The zero-order valence-corrected chi connectivity index (χ0v) is 12.2. The molecule has 0 aliphatic rings. The molecule has 4 rings (SSSR count). The van der Waals surface area contributed by atoms with Crippen LogP contribution in [0.2, 0.25) is 0 Å². The maximum atomic E-state index is 4.78. The van der Waals surface area contributed by atoms with Gasteiger partial charge in [-0.25, -0.2) is 4.57 Å². The van der Waals surface area contributed by atoms with Gasteiger partial charge in [-0.1, -0.05) is 27.8 Å². The number of thiophene rings is 1. The molecule has 0 fully saturated rings. The Morgan fingerprint density at radius 2 is 2.00 bits per heavy atom. The maximum absolute atomic E-state index is 4.78. The molecule has 3 nitrogen and oxygen atoms in total. The largest absolute Gasteiger partial charge is 0.308 e. The number of fused-ring (bicyclic) bond motifs is 3. The lowest BCUT2D eigenvalue weighted by Crippen LogP contribution is -2.27. The van der Waals surface area contributed by atoms with Gasteiger partial charge in [0.2, 0.25) is 5.52 Å².